The van der Waals surface area contributed by atoms with E-state index in [2.05, 4.69) is 34.7 Å². The average Bonchev–Trinajstić information content (AvgIpc) is 2.65. The number of halogens is 1. The minimum absolute atomic E-state index is 0. The first kappa shape index (κ1) is 21.0. The fourth-order valence-corrected chi connectivity index (χ4v) is 4.91. The molecule has 2 aliphatic heterocycles. The minimum atomic E-state index is 0. The third-order valence-electron chi connectivity index (χ3n) is 6.48. The van der Waals surface area contributed by atoms with Crippen molar-refractivity contribution in [2.75, 3.05) is 7.05 Å². The summed E-state index contributed by atoms with van der Waals surface area (Å²) in [6.45, 7) is 9.00. The second kappa shape index (κ2) is 8.84. The molecular weight excluding hydrogens is 354 g/mol. The molecule has 2 fully saturated rings. The minimum Gasteiger partial charge on any atom is -1.00 e. The molecule has 0 aromatic rings. The van der Waals surface area contributed by atoms with Crippen LogP contribution in [0.1, 0.15) is 79.1 Å². The molecule has 2 heterocycles. The van der Waals surface area contributed by atoms with Crippen molar-refractivity contribution in [3.05, 3.63) is 0 Å². The van der Waals surface area contributed by atoms with E-state index in [1.165, 1.54) is 17.3 Å². The highest BCUT2D eigenvalue weighted by molar-refractivity contribution is 5.72. The highest BCUT2D eigenvalue weighted by Gasteiger charge is 2.53. The molecule has 0 radical (unpaired) electrons. The lowest BCUT2D eigenvalue weighted by Crippen LogP contribution is -3.00. The summed E-state index contributed by atoms with van der Waals surface area (Å²) in [5.41, 5.74) is 0. The van der Waals surface area contributed by atoms with Gasteiger partial charge in [-0.15, -0.1) is 0 Å². The van der Waals surface area contributed by atoms with Gasteiger partial charge < -0.3 is 26.2 Å². The smallest absolute Gasteiger partial charge is 0.309 e. The summed E-state index contributed by atoms with van der Waals surface area (Å²) in [6.07, 6.45) is 9.02. The molecule has 2 saturated heterocycles. The highest BCUT2D eigenvalue weighted by Crippen LogP contribution is 2.44. The number of ether oxygens (including phenoxy) is 1. The molecule has 4 heteroatoms. The largest absolute Gasteiger partial charge is 1.00 e. The summed E-state index contributed by atoms with van der Waals surface area (Å²) >= 11 is 0. The number of nitrogens with zero attached hydrogens (tertiary/aromatic N) is 1. The highest BCUT2D eigenvalue weighted by atomic mass is 79.9. The lowest BCUT2D eigenvalue weighted by Gasteiger charge is -2.49. The Morgan fingerprint density at radius 2 is 1.57 bits per heavy atom. The first-order valence-electron chi connectivity index (χ1n) is 9.49. The molecule has 0 aromatic carbocycles. The number of carbonyl (C=O) groups excluding carboxylic acids is 1. The zero-order valence-corrected chi connectivity index (χ0v) is 17.3. The van der Waals surface area contributed by atoms with Crippen LogP contribution in [-0.4, -0.2) is 41.7 Å². The quantitative estimate of drug-likeness (QED) is 0.484. The van der Waals surface area contributed by atoms with Crippen LogP contribution in [0.3, 0.4) is 0 Å². The van der Waals surface area contributed by atoms with Gasteiger partial charge in [0.2, 0.25) is 0 Å². The normalized spacial score (nSPS) is 32.9. The summed E-state index contributed by atoms with van der Waals surface area (Å²) < 4.78 is 7.16. The van der Waals surface area contributed by atoms with Crippen LogP contribution in [0.4, 0.5) is 0 Å². The van der Waals surface area contributed by atoms with Gasteiger partial charge in [-0.3, -0.25) is 4.79 Å². The Bertz CT molecular complexity index is 366. The van der Waals surface area contributed by atoms with Crippen LogP contribution in [0, 0.1) is 5.92 Å². The molecule has 4 atom stereocenters. The van der Waals surface area contributed by atoms with Gasteiger partial charge in [0.05, 0.1) is 31.1 Å². The zero-order valence-electron chi connectivity index (χ0n) is 15.7. The van der Waals surface area contributed by atoms with Gasteiger partial charge >= 0.3 is 5.97 Å². The standard InChI is InChI=1S/C19H36NO2.BrH/c1-6-8-15(9-7-2)19(21)22-18-12-16-10-11-17(13-18)20(16,5)14(3)4;/h14-18H,6-13H2,1-5H3;1H/q+1;/p-1/t16-,17+,18?,20?;. The molecule has 0 spiro atoms. The topological polar surface area (TPSA) is 26.3 Å². The van der Waals surface area contributed by atoms with E-state index in [1.807, 2.05) is 0 Å². The summed E-state index contributed by atoms with van der Waals surface area (Å²) in [7, 11) is 2.42. The van der Waals surface area contributed by atoms with E-state index >= 15 is 0 Å². The fourth-order valence-electron chi connectivity index (χ4n) is 4.91. The van der Waals surface area contributed by atoms with Crippen molar-refractivity contribution in [1.82, 2.24) is 0 Å². The molecule has 3 nitrogen and oxygen atoms in total. The first-order chi connectivity index (χ1) is 10.4. The Morgan fingerprint density at radius 1 is 1.09 bits per heavy atom. The monoisotopic (exact) mass is 389 g/mol. The van der Waals surface area contributed by atoms with E-state index in [-0.39, 0.29) is 35.0 Å². The average molecular weight is 390 g/mol. The molecule has 0 amide bonds. The van der Waals surface area contributed by atoms with Gasteiger partial charge in [0.25, 0.3) is 0 Å². The van der Waals surface area contributed by atoms with E-state index in [0.717, 1.165) is 38.5 Å². The lowest BCUT2D eigenvalue weighted by molar-refractivity contribution is -0.968. The van der Waals surface area contributed by atoms with Crippen LogP contribution in [0.5, 0.6) is 0 Å². The molecule has 2 rings (SSSR count). The van der Waals surface area contributed by atoms with Gasteiger partial charge in [-0.2, -0.15) is 0 Å². The molecule has 0 N–H and O–H groups in total. The van der Waals surface area contributed by atoms with Gasteiger partial charge in [-0.05, 0) is 26.7 Å². The van der Waals surface area contributed by atoms with E-state index in [4.69, 9.17) is 4.74 Å². The number of piperidine rings is 1. The summed E-state index contributed by atoms with van der Waals surface area (Å²) in [5, 5.41) is 0. The first-order valence-corrected chi connectivity index (χ1v) is 9.49. The Morgan fingerprint density at radius 3 is 1.96 bits per heavy atom. The van der Waals surface area contributed by atoms with Gasteiger partial charge in [0, 0.05) is 25.7 Å². The SMILES string of the molecule is CCCC(CCC)C(=O)OC1C[C@H]2CC[C@@H](C1)[N+]2(C)C(C)C.[Br-]. The molecule has 0 saturated carbocycles. The second-order valence-corrected chi connectivity index (χ2v) is 8.01. The van der Waals surface area contributed by atoms with Crippen molar-refractivity contribution < 1.29 is 31.0 Å². The van der Waals surface area contributed by atoms with E-state index < -0.39 is 0 Å². The van der Waals surface area contributed by atoms with Crippen molar-refractivity contribution in [2.24, 2.45) is 5.92 Å². The van der Waals surface area contributed by atoms with Crippen molar-refractivity contribution in [2.45, 2.75) is 103 Å². The van der Waals surface area contributed by atoms with Crippen LogP contribution < -0.4 is 17.0 Å². The van der Waals surface area contributed by atoms with Crippen LogP contribution in [0.25, 0.3) is 0 Å². The third kappa shape index (κ3) is 4.31. The van der Waals surface area contributed by atoms with Crippen molar-refractivity contribution >= 4 is 5.97 Å². The van der Waals surface area contributed by atoms with Crippen molar-refractivity contribution in [1.29, 1.82) is 0 Å². The molecule has 2 unspecified atom stereocenters. The second-order valence-electron chi connectivity index (χ2n) is 8.01. The van der Waals surface area contributed by atoms with Crippen LogP contribution in [-0.2, 0) is 9.53 Å². The molecule has 23 heavy (non-hydrogen) atoms. The van der Waals surface area contributed by atoms with Crippen molar-refractivity contribution in [3.8, 4) is 0 Å². The molecule has 2 bridgehead atoms. The predicted octanol–water partition coefficient (Wildman–Crippen LogP) is 1.30. The van der Waals surface area contributed by atoms with Crippen LogP contribution >= 0.6 is 0 Å². The number of carbonyl (C=O) groups is 1. The number of esters is 1. The van der Waals surface area contributed by atoms with Gasteiger partial charge in [-0.1, -0.05) is 26.7 Å². The summed E-state index contributed by atoms with van der Waals surface area (Å²) in [5.74, 6) is 0.203. The Hall–Kier alpha value is -0.0900. The van der Waals surface area contributed by atoms with E-state index in [9.17, 15) is 4.79 Å². The number of fused-ring (bicyclic) bond motifs is 2. The van der Waals surface area contributed by atoms with Gasteiger partial charge in [0.15, 0.2) is 0 Å². The number of quaternary nitrogens is 1. The van der Waals surface area contributed by atoms with Crippen molar-refractivity contribution in [3.63, 3.8) is 0 Å². The Balaban J connectivity index is 0.00000264. The maximum atomic E-state index is 12.5. The van der Waals surface area contributed by atoms with Gasteiger partial charge in [0.1, 0.15) is 6.10 Å². The number of hydrogen-bond acceptors (Lipinski definition) is 2. The Kier molecular flexibility index (Phi) is 8.06. The molecular formula is C19H36BrNO2. The summed E-state index contributed by atoms with van der Waals surface area (Å²) in [6, 6.07) is 2.04. The molecule has 0 aromatic heterocycles. The lowest BCUT2D eigenvalue weighted by atomic mass is 9.94. The molecule has 136 valence electrons. The Labute approximate surface area is 153 Å². The molecule has 2 aliphatic rings. The number of hydrogen-bond donors (Lipinski definition) is 0. The zero-order chi connectivity index (χ0) is 16.3. The fraction of sp³-hybridized carbons (Fsp3) is 0.947. The molecule has 0 aliphatic carbocycles. The maximum absolute atomic E-state index is 12.5. The maximum Gasteiger partial charge on any atom is 0.309 e. The van der Waals surface area contributed by atoms with Gasteiger partial charge in [-0.25, -0.2) is 0 Å². The van der Waals surface area contributed by atoms with Crippen LogP contribution in [0.15, 0.2) is 0 Å². The third-order valence-corrected chi connectivity index (χ3v) is 6.48. The van der Waals surface area contributed by atoms with E-state index in [1.54, 1.807) is 0 Å². The van der Waals surface area contributed by atoms with E-state index in [0.29, 0.717) is 18.1 Å². The summed E-state index contributed by atoms with van der Waals surface area (Å²) in [4.78, 5) is 12.5. The predicted molar refractivity (Wildman–Crippen MR) is 90.6 cm³/mol. The van der Waals surface area contributed by atoms with Crippen LogP contribution in [0.2, 0.25) is 0 Å². The number of rotatable bonds is 7.